The summed E-state index contributed by atoms with van der Waals surface area (Å²) < 4.78 is 5.82. The second kappa shape index (κ2) is 10.3. The first-order valence-electron chi connectivity index (χ1n) is 11.2. The van der Waals surface area contributed by atoms with E-state index in [1.165, 1.54) is 0 Å². The van der Waals surface area contributed by atoms with E-state index in [0.29, 0.717) is 18.4 Å². The highest BCUT2D eigenvalue weighted by atomic mass is 32.1. The number of carbonyl (C=O) groups is 1. The molecule has 0 aliphatic rings. The van der Waals surface area contributed by atoms with Gasteiger partial charge >= 0.3 is 0 Å². The topological polar surface area (TPSA) is 65.0 Å². The molecule has 0 saturated heterocycles. The number of carbonyl (C=O) groups excluding carboxylic acids is 1. The van der Waals surface area contributed by atoms with Gasteiger partial charge in [0.15, 0.2) is 5.78 Å². The molecule has 35 heavy (non-hydrogen) atoms. The smallest absolute Gasteiger partial charge is 0.168 e. The number of pyridine rings is 1. The number of ether oxygens (including phenoxy) is 1. The fourth-order valence-corrected chi connectivity index (χ4v) is 5.46. The quantitative estimate of drug-likeness (QED) is 0.214. The molecule has 3 aromatic heterocycles. The van der Waals surface area contributed by atoms with Gasteiger partial charge in [0, 0.05) is 35.7 Å². The predicted molar refractivity (Wildman–Crippen MR) is 141 cm³/mol. The molecule has 174 valence electrons. The molecule has 5 nitrogen and oxygen atoms in total. The minimum absolute atomic E-state index is 0.0355. The van der Waals surface area contributed by atoms with Crippen molar-refractivity contribution in [3.8, 4) is 22.1 Å². The van der Waals surface area contributed by atoms with Crippen molar-refractivity contribution in [3.63, 3.8) is 0 Å². The van der Waals surface area contributed by atoms with Crippen molar-refractivity contribution in [1.29, 1.82) is 0 Å². The molecule has 0 fully saturated rings. The average molecular weight is 498 g/mol. The number of para-hydroxylation sites is 1. The Kier molecular flexibility index (Phi) is 6.79. The first-order valence-corrected chi connectivity index (χ1v) is 12.9. The maximum Gasteiger partial charge on any atom is 0.168 e. The van der Waals surface area contributed by atoms with E-state index in [4.69, 9.17) is 9.72 Å². The Labute approximate surface area is 212 Å². The van der Waals surface area contributed by atoms with Crippen LogP contribution in [0.25, 0.3) is 10.6 Å². The maximum atomic E-state index is 12.8. The van der Waals surface area contributed by atoms with Crippen LogP contribution in [0.2, 0.25) is 0 Å². The lowest BCUT2D eigenvalue weighted by Crippen LogP contribution is -2.05. The lowest BCUT2D eigenvalue weighted by molar-refractivity contribution is 0.0992. The van der Waals surface area contributed by atoms with Crippen LogP contribution in [-0.2, 0) is 12.8 Å². The fraction of sp³-hybridized carbons (Fsp3) is 0.143. The van der Waals surface area contributed by atoms with Crippen LogP contribution in [0, 0.1) is 13.8 Å². The van der Waals surface area contributed by atoms with Gasteiger partial charge in [-0.2, -0.15) is 0 Å². The van der Waals surface area contributed by atoms with Gasteiger partial charge in [-0.1, -0.05) is 30.3 Å². The van der Waals surface area contributed by atoms with Gasteiger partial charge in [0.1, 0.15) is 11.5 Å². The lowest BCUT2D eigenvalue weighted by atomic mass is 10.0. The summed E-state index contributed by atoms with van der Waals surface area (Å²) in [6.07, 6.45) is 2.62. The second-order valence-electron chi connectivity index (χ2n) is 8.15. The molecule has 0 saturated carbocycles. The molecular formula is C28H23N3O2S2. The minimum Gasteiger partial charge on any atom is -0.457 e. The van der Waals surface area contributed by atoms with Gasteiger partial charge in [-0.3, -0.25) is 9.78 Å². The number of benzene rings is 2. The van der Waals surface area contributed by atoms with E-state index in [1.807, 2.05) is 80.6 Å². The molecule has 0 atom stereocenters. The Morgan fingerprint density at radius 3 is 2.37 bits per heavy atom. The van der Waals surface area contributed by atoms with Gasteiger partial charge in [0.05, 0.1) is 26.3 Å². The van der Waals surface area contributed by atoms with Gasteiger partial charge < -0.3 is 4.74 Å². The number of ketones is 1. The zero-order valence-corrected chi connectivity index (χ0v) is 21.0. The van der Waals surface area contributed by atoms with Gasteiger partial charge in [-0.25, -0.2) is 9.97 Å². The predicted octanol–water partition coefficient (Wildman–Crippen LogP) is 7.09. The highest BCUT2D eigenvalue weighted by Crippen LogP contribution is 2.31. The lowest BCUT2D eigenvalue weighted by Gasteiger charge is -2.07. The third-order valence-electron chi connectivity index (χ3n) is 5.43. The van der Waals surface area contributed by atoms with Gasteiger partial charge in [-0.05, 0) is 55.8 Å². The van der Waals surface area contributed by atoms with Crippen LogP contribution in [0.15, 0.2) is 78.3 Å². The SMILES string of the molecule is Cc1nc(C)c(-c2csc(Cc3ccc(C(=O)Cc4ccc(Oc5ccccc5)cc4)cn3)n2)s1. The minimum atomic E-state index is 0.0355. The van der Waals surface area contributed by atoms with Crippen LogP contribution in [0.5, 0.6) is 11.5 Å². The highest BCUT2D eigenvalue weighted by Gasteiger charge is 2.13. The van der Waals surface area contributed by atoms with Gasteiger partial charge in [0.25, 0.3) is 0 Å². The molecule has 5 aromatic rings. The Morgan fingerprint density at radius 2 is 1.69 bits per heavy atom. The Bertz CT molecular complexity index is 1440. The zero-order chi connectivity index (χ0) is 24.2. The molecule has 7 heteroatoms. The number of hydrogen-bond donors (Lipinski definition) is 0. The van der Waals surface area contributed by atoms with E-state index in [2.05, 4.69) is 15.3 Å². The summed E-state index contributed by atoms with van der Waals surface area (Å²) >= 11 is 3.29. The van der Waals surface area contributed by atoms with E-state index in [-0.39, 0.29) is 5.78 Å². The fourth-order valence-electron chi connectivity index (χ4n) is 3.70. The molecule has 0 bridgehead atoms. The first-order chi connectivity index (χ1) is 17.0. The molecule has 5 rings (SSSR count). The Morgan fingerprint density at radius 1 is 0.914 bits per heavy atom. The second-order valence-corrected chi connectivity index (χ2v) is 10.3. The third-order valence-corrected chi connectivity index (χ3v) is 7.38. The maximum absolute atomic E-state index is 12.8. The van der Waals surface area contributed by atoms with Gasteiger partial charge in [-0.15, -0.1) is 22.7 Å². The van der Waals surface area contributed by atoms with Crippen molar-refractivity contribution >= 4 is 28.5 Å². The van der Waals surface area contributed by atoms with Crippen LogP contribution >= 0.6 is 22.7 Å². The van der Waals surface area contributed by atoms with Crippen molar-refractivity contribution < 1.29 is 9.53 Å². The molecule has 0 spiro atoms. The average Bonchev–Trinajstić information content (AvgIpc) is 3.46. The van der Waals surface area contributed by atoms with E-state index in [9.17, 15) is 4.79 Å². The monoisotopic (exact) mass is 497 g/mol. The van der Waals surface area contributed by atoms with Crippen LogP contribution in [-0.4, -0.2) is 20.7 Å². The van der Waals surface area contributed by atoms with E-state index in [0.717, 1.165) is 49.0 Å². The number of Topliss-reactive ketones (excluding diaryl/α,β-unsaturated/α-hetero) is 1. The molecule has 0 radical (unpaired) electrons. The molecule has 0 amide bonds. The number of aryl methyl sites for hydroxylation is 2. The molecule has 0 aliphatic carbocycles. The summed E-state index contributed by atoms with van der Waals surface area (Å²) in [6.45, 7) is 4.03. The molecule has 0 aliphatic heterocycles. The number of hydrogen-bond acceptors (Lipinski definition) is 7. The number of thiazole rings is 2. The van der Waals surface area contributed by atoms with Crippen molar-refractivity contribution in [3.05, 3.63) is 111 Å². The normalized spacial score (nSPS) is 10.9. The highest BCUT2D eigenvalue weighted by molar-refractivity contribution is 7.16. The van der Waals surface area contributed by atoms with E-state index in [1.54, 1.807) is 28.9 Å². The van der Waals surface area contributed by atoms with Crippen LogP contribution < -0.4 is 4.74 Å². The van der Waals surface area contributed by atoms with Crippen molar-refractivity contribution in [2.45, 2.75) is 26.7 Å². The molecule has 3 heterocycles. The largest absolute Gasteiger partial charge is 0.457 e. The number of nitrogens with zero attached hydrogens (tertiary/aromatic N) is 3. The van der Waals surface area contributed by atoms with E-state index >= 15 is 0 Å². The standard InChI is InChI=1S/C28H23N3O2S2/c1-18-28(35-19(2)30-18)25-17-34-27(31-25)15-22-11-10-21(16-29-22)26(32)14-20-8-12-24(13-9-20)33-23-6-4-3-5-7-23/h3-13,16-17H,14-15H2,1-2H3. The summed E-state index contributed by atoms with van der Waals surface area (Å²) in [6, 6.07) is 21.0. The molecule has 0 unspecified atom stereocenters. The van der Waals surface area contributed by atoms with Crippen molar-refractivity contribution in [1.82, 2.24) is 15.0 Å². The molecule has 0 N–H and O–H groups in total. The third kappa shape index (κ3) is 5.70. The summed E-state index contributed by atoms with van der Waals surface area (Å²) in [5.41, 5.74) is 4.42. The summed E-state index contributed by atoms with van der Waals surface area (Å²) in [4.78, 5) is 27.7. The summed E-state index contributed by atoms with van der Waals surface area (Å²) in [5, 5.41) is 4.11. The van der Waals surface area contributed by atoms with Crippen molar-refractivity contribution in [2.75, 3.05) is 0 Å². The molecular weight excluding hydrogens is 474 g/mol. The number of aromatic nitrogens is 3. The molecule has 2 aromatic carbocycles. The zero-order valence-electron chi connectivity index (χ0n) is 19.4. The Hall–Kier alpha value is -3.68. The van der Waals surface area contributed by atoms with E-state index < -0.39 is 0 Å². The van der Waals surface area contributed by atoms with Crippen LogP contribution in [0.3, 0.4) is 0 Å². The van der Waals surface area contributed by atoms with Crippen molar-refractivity contribution in [2.24, 2.45) is 0 Å². The number of rotatable bonds is 8. The first kappa shape index (κ1) is 23.1. The van der Waals surface area contributed by atoms with Gasteiger partial charge in [0.2, 0.25) is 0 Å². The van der Waals surface area contributed by atoms with Crippen LogP contribution in [0.4, 0.5) is 0 Å². The summed E-state index contributed by atoms with van der Waals surface area (Å²) in [5.74, 6) is 1.56. The van der Waals surface area contributed by atoms with Crippen LogP contribution in [0.1, 0.15) is 37.3 Å². The summed E-state index contributed by atoms with van der Waals surface area (Å²) in [7, 11) is 0. The Balaban J connectivity index is 1.19.